The summed E-state index contributed by atoms with van der Waals surface area (Å²) in [5, 5.41) is 0. The Morgan fingerprint density at radius 1 is 1.00 bits per heavy atom. The van der Waals surface area contributed by atoms with Crippen molar-refractivity contribution in [3.63, 3.8) is 0 Å². The first-order valence-corrected chi connectivity index (χ1v) is 11.9. The largest absolute Gasteiger partial charge is 0.481 e. The van der Waals surface area contributed by atoms with Gasteiger partial charge in [-0.15, -0.1) is 0 Å². The molecule has 7 nitrogen and oxygen atoms in total. The third-order valence-corrected chi connectivity index (χ3v) is 8.03. The van der Waals surface area contributed by atoms with Crippen LogP contribution < -0.4 is 4.74 Å². The fourth-order valence-corrected chi connectivity index (χ4v) is 5.98. The molecule has 3 aromatic rings. The molecule has 3 aromatic heterocycles. The first kappa shape index (κ1) is 22.6. The van der Waals surface area contributed by atoms with Crippen LogP contribution in [0.3, 0.4) is 0 Å². The Morgan fingerprint density at radius 2 is 1.74 bits per heavy atom. The van der Waals surface area contributed by atoms with Gasteiger partial charge in [0.15, 0.2) is 5.65 Å². The minimum absolute atomic E-state index is 0.0303. The molecule has 0 aromatic carbocycles. The van der Waals surface area contributed by atoms with E-state index in [0.717, 1.165) is 17.1 Å². The van der Waals surface area contributed by atoms with Crippen LogP contribution in [0.1, 0.15) is 72.7 Å². The van der Waals surface area contributed by atoms with Crippen molar-refractivity contribution in [2.24, 2.45) is 5.41 Å². The lowest BCUT2D eigenvalue weighted by atomic mass is 9.34. The quantitative estimate of drug-likeness (QED) is 0.511. The second kappa shape index (κ2) is 7.56. The summed E-state index contributed by atoms with van der Waals surface area (Å²) in [6.07, 6.45) is -2.92. The van der Waals surface area contributed by atoms with E-state index in [2.05, 4.69) is 15.0 Å². The van der Waals surface area contributed by atoms with E-state index in [1.807, 2.05) is 26.0 Å². The number of halogens is 3. The third kappa shape index (κ3) is 3.40. The first-order valence-electron chi connectivity index (χ1n) is 11.9. The molecule has 3 aliphatic carbocycles. The van der Waals surface area contributed by atoms with Gasteiger partial charge in [0.1, 0.15) is 17.4 Å². The Balaban J connectivity index is 1.37. The van der Waals surface area contributed by atoms with Crippen molar-refractivity contribution in [1.82, 2.24) is 24.9 Å². The van der Waals surface area contributed by atoms with E-state index >= 15 is 0 Å². The highest BCUT2D eigenvalue weighted by Crippen LogP contribution is 2.78. The van der Waals surface area contributed by atoms with Gasteiger partial charge in [-0.25, -0.2) is 24.9 Å². The summed E-state index contributed by atoms with van der Waals surface area (Å²) in [5.74, 6) is 1.09. The smallest absolute Gasteiger partial charge is 0.394 e. The number of pyridine rings is 1. The first-order chi connectivity index (χ1) is 16.6. The molecule has 2 atom stereocenters. The van der Waals surface area contributed by atoms with Gasteiger partial charge >= 0.3 is 6.18 Å². The van der Waals surface area contributed by atoms with E-state index in [1.54, 1.807) is 13.2 Å². The minimum Gasteiger partial charge on any atom is -0.481 e. The molecule has 10 heteroatoms. The van der Waals surface area contributed by atoms with E-state index < -0.39 is 17.0 Å². The number of aromatic nitrogens is 5. The summed E-state index contributed by atoms with van der Waals surface area (Å²) in [6.45, 7) is 4.22. The van der Waals surface area contributed by atoms with Crippen molar-refractivity contribution in [2.45, 2.75) is 69.6 Å². The highest BCUT2D eigenvalue weighted by Gasteiger charge is 2.79. The Labute approximate surface area is 200 Å². The molecular formula is C25H26F3N5O2. The van der Waals surface area contributed by atoms with E-state index in [-0.39, 0.29) is 31.3 Å². The van der Waals surface area contributed by atoms with Crippen molar-refractivity contribution in [1.29, 1.82) is 0 Å². The molecule has 0 radical (unpaired) electrons. The maximum Gasteiger partial charge on any atom is 0.394 e. The van der Waals surface area contributed by atoms with Gasteiger partial charge in [-0.1, -0.05) is 6.07 Å². The molecular weight excluding hydrogens is 459 g/mol. The molecule has 0 N–H and O–H groups in total. The van der Waals surface area contributed by atoms with Crippen LogP contribution in [0.5, 0.6) is 5.88 Å². The lowest BCUT2D eigenvalue weighted by Gasteiger charge is -2.70. The predicted molar refractivity (Wildman–Crippen MR) is 120 cm³/mol. The molecule has 2 bridgehead atoms. The molecule has 2 unspecified atom stereocenters. The van der Waals surface area contributed by atoms with Gasteiger partial charge in [-0.2, -0.15) is 13.2 Å². The molecule has 4 fully saturated rings. The number of ether oxygens (including phenoxy) is 2. The van der Waals surface area contributed by atoms with Crippen LogP contribution in [-0.2, 0) is 10.2 Å². The molecule has 0 amide bonds. The Morgan fingerprint density at radius 3 is 2.46 bits per heavy atom. The standard InChI is InChI=1S/C25H26F3N5O2/c1-13-14(2)30-22-19(29-13)20(23-10-24(11-23,12-23)25(26,27)28)32-21(33-22)15-7-8-35-17(9-15)16-5-4-6-18(31-16)34-3/h4-6,15,17H,7-12H2,1-3H3. The van der Waals surface area contributed by atoms with Crippen LogP contribution in [0, 0.1) is 19.3 Å². The normalized spacial score (nSPS) is 30.0. The highest BCUT2D eigenvalue weighted by atomic mass is 19.4. The molecule has 0 spiro atoms. The predicted octanol–water partition coefficient (Wildman–Crippen LogP) is 5.06. The Bertz CT molecular complexity index is 1310. The fourth-order valence-electron chi connectivity index (χ4n) is 5.98. The maximum absolute atomic E-state index is 13.6. The second-order valence-corrected chi connectivity index (χ2v) is 10.3. The lowest BCUT2D eigenvalue weighted by molar-refractivity contribution is -0.337. The Kier molecular flexibility index (Phi) is 4.87. The zero-order valence-electron chi connectivity index (χ0n) is 19.8. The topological polar surface area (TPSA) is 82.9 Å². The molecule has 1 saturated heterocycles. The Hall–Kier alpha value is -2.88. The van der Waals surface area contributed by atoms with Crippen LogP contribution in [0.4, 0.5) is 13.2 Å². The summed E-state index contributed by atoms with van der Waals surface area (Å²) >= 11 is 0. The monoisotopic (exact) mass is 485 g/mol. The van der Waals surface area contributed by atoms with Crippen molar-refractivity contribution in [3.8, 4) is 5.88 Å². The van der Waals surface area contributed by atoms with E-state index in [4.69, 9.17) is 19.4 Å². The van der Waals surface area contributed by atoms with Gasteiger partial charge in [0.05, 0.1) is 35.3 Å². The van der Waals surface area contributed by atoms with Gasteiger partial charge in [0.2, 0.25) is 5.88 Å². The number of fused-ring (bicyclic) bond motifs is 1. The SMILES string of the molecule is COc1cccc(C2CC(c3nc(C45CC(C(F)(F)F)(C4)C5)c4nc(C)c(C)nc4n3)CCO2)n1. The van der Waals surface area contributed by atoms with Crippen LogP contribution >= 0.6 is 0 Å². The number of hydrogen-bond acceptors (Lipinski definition) is 7. The van der Waals surface area contributed by atoms with Crippen molar-refractivity contribution < 1.29 is 22.6 Å². The molecule has 1 aliphatic heterocycles. The van der Waals surface area contributed by atoms with Gasteiger partial charge in [-0.3, -0.25) is 0 Å². The molecule has 4 heterocycles. The fraction of sp³-hybridized carbons (Fsp3) is 0.560. The van der Waals surface area contributed by atoms with Crippen LogP contribution in [0.15, 0.2) is 18.2 Å². The molecule has 7 rings (SSSR count). The number of nitrogens with zero attached hydrogens (tertiary/aromatic N) is 5. The van der Waals surface area contributed by atoms with Gasteiger partial charge in [0, 0.05) is 24.0 Å². The van der Waals surface area contributed by atoms with Crippen molar-refractivity contribution in [2.75, 3.05) is 13.7 Å². The number of aryl methyl sites for hydroxylation is 2. The average molecular weight is 486 g/mol. The number of alkyl halides is 3. The number of hydrogen-bond donors (Lipinski definition) is 0. The summed E-state index contributed by atoms with van der Waals surface area (Å²) < 4.78 is 52.0. The van der Waals surface area contributed by atoms with Gasteiger partial charge in [0.25, 0.3) is 0 Å². The van der Waals surface area contributed by atoms with Crippen molar-refractivity contribution >= 4 is 11.2 Å². The molecule has 184 valence electrons. The van der Waals surface area contributed by atoms with Crippen LogP contribution in [0.25, 0.3) is 11.2 Å². The highest BCUT2D eigenvalue weighted by molar-refractivity contribution is 5.75. The maximum atomic E-state index is 13.6. The molecule has 3 saturated carbocycles. The van der Waals surface area contributed by atoms with E-state index in [1.165, 1.54) is 0 Å². The van der Waals surface area contributed by atoms with Crippen molar-refractivity contribution in [3.05, 3.63) is 46.8 Å². The lowest BCUT2D eigenvalue weighted by Crippen LogP contribution is -2.70. The summed E-state index contributed by atoms with van der Waals surface area (Å²) in [7, 11) is 1.57. The summed E-state index contributed by atoms with van der Waals surface area (Å²) in [4.78, 5) is 23.5. The van der Waals surface area contributed by atoms with E-state index in [0.29, 0.717) is 48.0 Å². The van der Waals surface area contributed by atoms with Crippen LogP contribution in [-0.4, -0.2) is 44.8 Å². The minimum atomic E-state index is -4.18. The molecule has 35 heavy (non-hydrogen) atoms. The zero-order valence-corrected chi connectivity index (χ0v) is 19.8. The molecule has 4 aliphatic rings. The summed E-state index contributed by atoms with van der Waals surface area (Å²) in [6, 6.07) is 5.56. The average Bonchev–Trinajstić information content (AvgIpc) is 2.77. The van der Waals surface area contributed by atoms with Crippen LogP contribution in [0.2, 0.25) is 0 Å². The van der Waals surface area contributed by atoms with E-state index in [9.17, 15) is 13.2 Å². The zero-order chi connectivity index (χ0) is 24.6. The number of rotatable bonds is 4. The third-order valence-electron chi connectivity index (χ3n) is 8.03. The van der Waals surface area contributed by atoms with Gasteiger partial charge in [-0.05, 0) is 52.0 Å². The second-order valence-electron chi connectivity index (χ2n) is 10.3. The summed E-state index contributed by atoms with van der Waals surface area (Å²) in [5.41, 5.74) is 1.71. The number of methoxy groups -OCH3 is 1. The van der Waals surface area contributed by atoms with Gasteiger partial charge < -0.3 is 9.47 Å².